The van der Waals surface area contributed by atoms with Gasteiger partial charge in [0, 0.05) is 20.2 Å². The number of amides is 3. The van der Waals surface area contributed by atoms with Gasteiger partial charge in [0.25, 0.3) is 0 Å². The highest BCUT2D eigenvalue weighted by Gasteiger charge is 2.10. The smallest absolute Gasteiger partial charge is 0.321 e. The number of carbonyl (C=O) groups excluding carboxylic acids is 2. The molecule has 0 radical (unpaired) electrons. The highest BCUT2D eigenvalue weighted by molar-refractivity contribution is 7.99. The number of thioether (sulfide) groups is 1. The van der Waals surface area contributed by atoms with Crippen LogP contribution in [0.25, 0.3) is 0 Å². The van der Waals surface area contributed by atoms with Gasteiger partial charge in [0.1, 0.15) is 6.33 Å². The van der Waals surface area contributed by atoms with E-state index in [-0.39, 0.29) is 11.7 Å². The minimum atomic E-state index is -0.474. The first kappa shape index (κ1) is 16.4. The van der Waals surface area contributed by atoms with Crippen molar-refractivity contribution in [1.82, 2.24) is 25.4 Å². The van der Waals surface area contributed by atoms with Crippen LogP contribution in [0, 0.1) is 0 Å². The molecular formula is C11H19N5O3S. The number of imide groups is 1. The Morgan fingerprint density at radius 2 is 2.30 bits per heavy atom. The lowest BCUT2D eigenvalue weighted by atomic mass is 10.5. The molecule has 0 saturated heterocycles. The maximum absolute atomic E-state index is 11.6. The molecule has 0 aromatic carbocycles. The van der Waals surface area contributed by atoms with Crippen LogP contribution in [0.5, 0.6) is 0 Å². The van der Waals surface area contributed by atoms with Crippen molar-refractivity contribution in [3.63, 3.8) is 0 Å². The number of nitrogens with one attached hydrogen (secondary N) is 2. The van der Waals surface area contributed by atoms with Crippen LogP contribution in [0.3, 0.4) is 0 Å². The second kappa shape index (κ2) is 9.32. The average molecular weight is 301 g/mol. The summed E-state index contributed by atoms with van der Waals surface area (Å²) in [7, 11) is 1.61. The number of hydrogen-bond donors (Lipinski definition) is 2. The van der Waals surface area contributed by atoms with Crippen molar-refractivity contribution in [1.29, 1.82) is 0 Å². The highest BCUT2D eigenvalue weighted by Crippen LogP contribution is 2.13. The van der Waals surface area contributed by atoms with Gasteiger partial charge in [-0.1, -0.05) is 18.7 Å². The fourth-order valence-corrected chi connectivity index (χ4v) is 2.02. The minimum absolute atomic E-state index is 0.102. The molecule has 0 atom stereocenters. The van der Waals surface area contributed by atoms with E-state index >= 15 is 0 Å². The van der Waals surface area contributed by atoms with Gasteiger partial charge in [-0.2, -0.15) is 0 Å². The fraction of sp³-hybridized carbons (Fsp3) is 0.636. The van der Waals surface area contributed by atoms with E-state index in [9.17, 15) is 9.59 Å². The summed E-state index contributed by atoms with van der Waals surface area (Å²) < 4.78 is 6.76. The molecule has 0 aliphatic heterocycles. The molecule has 3 amide bonds. The number of hydrogen-bond acceptors (Lipinski definition) is 6. The van der Waals surface area contributed by atoms with Crippen molar-refractivity contribution in [2.45, 2.75) is 25.0 Å². The number of rotatable bonds is 8. The van der Waals surface area contributed by atoms with Crippen molar-refractivity contribution in [2.75, 3.05) is 26.0 Å². The molecule has 1 heterocycles. The Labute approximate surface area is 121 Å². The molecule has 0 fully saturated rings. The molecule has 0 unspecified atom stereocenters. The summed E-state index contributed by atoms with van der Waals surface area (Å²) in [6.07, 6.45) is 2.40. The second-order valence-electron chi connectivity index (χ2n) is 3.89. The molecule has 1 aromatic rings. The van der Waals surface area contributed by atoms with Crippen molar-refractivity contribution in [2.24, 2.45) is 0 Å². The average Bonchev–Trinajstić information content (AvgIpc) is 2.88. The van der Waals surface area contributed by atoms with E-state index in [1.807, 2.05) is 6.92 Å². The van der Waals surface area contributed by atoms with Crippen molar-refractivity contribution in [3.05, 3.63) is 6.33 Å². The van der Waals surface area contributed by atoms with Crippen LogP contribution < -0.4 is 10.6 Å². The molecule has 0 aliphatic rings. The van der Waals surface area contributed by atoms with E-state index in [2.05, 4.69) is 20.8 Å². The molecule has 9 heteroatoms. The van der Waals surface area contributed by atoms with Gasteiger partial charge < -0.3 is 14.6 Å². The normalized spacial score (nSPS) is 10.3. The van der Waals surface area contributed by atoms with Crippen LogP contribution in [-0.4, -0.2) is 52.7 Å². The van der Waals surface area contributed by atoms with E-state index < -0.39 is 6.03 Å². The third-order valence-electron chi connectivity index (χ3n) is 2.24. The maximum atomic E-state index is 11.6. The van der Waals surface area contributed by atoms with Crippen LogP contribution in [-0.2, 0) is 16.1 Å². The first-order chi connectivity index (χ1) is 9.67. The van der Waals surface area contributed by atoms with Crippen LogP contribution in [0.4, 0.5) is 4.79 Å². The standard InChI is InChI=1S/C11H19N5O3S/c1-3-4-12-10(18)14-9(17)7-20-11-15-13-8-16(11)5-6-19-2/h8H,3-7H2,1-2H3,(H2,12,14,17,18). The maximum Gasteiger partial charge on any atom is 0.321 e. The first-order valence-corrected chi connectivity index (χ1v) is 7.23. The van der Waals surface area contributed by atoms with Crippen LogP contribution >= 0.6 is 11.8 Å². The Balaban J connectivity index is 2.33. The summed E-state index contributed by atoms with van der Waals surface area (Å²) in [5.74, 6) is -0.268. The Morgan fingerprint density at radius 1 is 1.50 bits per heavy atom. The second-order valence-corrected chi connectivity index (χ2v) is 4.83. The monoisotopic (exact) mass is 301 g/mol. The van der Waals surface area contributed by atoms with E-state index in [0.717, 1.165) is 6.42 Å². The lowest BCUT2D eigenvalue weighted by Crippen LogP contribution is -2.40. The number of urea groups is 1. The number of carbonyl (C=O) groups is 2. The van der Waals surface area contributed by atoms with Crippen LogP contribution in [0.15, 0.2) is 11.5 Å². The van der Waals surface area contributed by atoms with Crippen LogP contribution in [0.2, 0.25) is 0 Å². The van der Waals surface area contributed by atoms with E-state index in [1.165, 1.54) is 11.8 Å². The molecule has 1 rings (SSSR count). The summed E-state index contributed by atoms with van der Waals surface area (Å²) in [5, 5.41) is 13.1. The third-order valence-corrected chi connectivity index (χ3v) is 3.22. The predicted molar refractivity (Wildman–Crippen MR) is 74.5 cm³/mol. The van der Waals surface area contributed by atoms with E-state index in [4.69, 9.17) is 4.74 Å². The zero-order valence-corrected chi connectivity index (χ0v) is 12.4. The Bertz CT molecular complexity index is 437. The van der Waals surface area contributed by atoms with Gasteiger partial charge in [-0.05, 0) is 6.42 Å². The summed E-state index contributed by atoms with van der Waals surface area (Å²) in [4.78, 5) is 22.8. The van der Waals surface area contributed by atoms with Crippen molar-refractivity contribution in [3.8, 4) is 0 Å². The summed E-state index contributed by atoms with van der Waals surface area (Å²) in [6.45, 7) is 3.63. The third kappa shape index (κ3) is 6.02. The van der Waals surface area contributed by atoms with Gasteiger partial charge in [0.2, 0.25) is 5.91 Å². The molecule has 8 nitrogen and oxygen atoms in total. The quantitative estimate of drug-likeness (QED) is 0.668. The Hall–Kier alpha value is -1.61. The summed E-state index contributed by atoms with van der Waals surface area (Å²) in [5.41, 5.74) is 0. The van der Waals surface area contributed by atoms with Crippen molar-refractivity contribution < 1.29 is 14.3 Å². The molecular weight excluding hydrogens is 282 g/mol. The first-order valence-electron chi connectivity index (χ1n) is 6.24. The number of aromatic nitrogens is 3. The van der Waals surface area contributed by atoms with Gasteiger partial charge in [-0.25, -0.2) is 4.79 Å². The van der Waals surface area contributed by atoms with E-state index in [0.29, 0.717) is 24.9 Å². The van der Waals surface area contributed by atoms with Crippen molar-refractivity contribution >= 4 is 23.7 Å². The molecule has 0 bridgehead atoms. The molecule has 20 heavy (non-hydrogen) atoms. The van der Waals surface area contributed by atoms with Gasteiger partial charge >= 0.3 is 6.03 Å². The number of ether oxygens (including phenoxy) is 1. The lowest BCUT2D eigenvalue weighted by Gasteiger charge is -2.06. The van der Waals surface area contributed by atoms with Gasteiger partial charge in [0.15, 0.2) is 5.16 Å². The Morgan fingerprint density at radius 3 is 3.00 bits per heavy atom. The zero-order valence-electron chi connectivity index (χ0n) is 11.6. The lowest BCUT2D eigenvalue weighted by molar-refractivity contribution is -0.117. The molecule has 2 N–H and O–H groups in total. The minimum Gasteiger partial charge on any atom is -0.383 e. The Kier molecular flexibility index (Phi) is 7.66. The number of methoxy groups -OCH3 is 1. The van der Waals surface area contributed by atoms with Gasteiger partial charge in [-0.3, -0.25) is 10.1 Å². The predicted octanol–water partition coefficient (Wildman–Crippen LogP) is 0.252. The molecule has 112 valence electrons. The molecule has 0 spiro atoms. The summed E-state index contributed by atoms with van der Waals surface area (Å²) in [6, 6.07) is -0.474. The summed E-state index contributed by atoms with van der Waals surface area (Å²) >= 11 is 1.22. The van der Waals surface area contributed by atoms with E-state index in [1.54, 1.807) is 18.0 Å². The topological polar surface area (TPSA) is 98.1 Å². The molecule has 0 saturated carbocycles. The fourth-order valence-electron chi connectivity index (χ4n) is 1.27. The highest BCUT2D eigenvalue weighted by atomic mass is 32.2. The van der Waals surface area contributed by atoms with Gasteiger partial charge in [-0.15, -0.1) is 10.2 Å². The van der Waals surface area contributed by atoms with Gasteiger partial charge in [0.05, 0.1) is 12.4 Å². The SMILES string of the molecule is CCCNC(=O)NC(=O)CSc1nncn1CCOC. The zero-order chi connectivity index (χ0) is 14.8. The van der Waals surface area contributed by atoms with Crippen LogP contribution in [0.1, 0.15) is 13.3 Å². The largest absolute Gasteiger partial charge is 0.383 e. The molecule has 0 aliphatic carbocycles. The molecule has 1 aromatic heterocycles. The number of nitrogens with zero attached hydrogens (tertiary/aromatic N) is 3.